The van der Waals surface area contributed by atoms with Crippen LogP contribution in [0.3, 0.4) is 0 Å². The molecule has 0 unspecified atom stereocenters. The van der Waals surface area contributed by atoms with Crippen LogP contribution in [0.15, 0.2) is 23.2 Å². The lowest BCUT2D eigenvalue weighted by atomic mass is 10.1. The smallest absolute Gasteiger partial charge is 0.408 e. The van der Waals surface area contributed by atoms with Crippen molar-refractivity contribution in [3.8, 4) is 0 Å². The number of hydrogen-bond donors (Lipinski definition) is 1. The summed E-state index contributed by atoms with van der Waals surface area (Å²) in [5.41, 5.74) is 0.804. The third-order valence-electron chi connectivity index (χ3n) is 2.56. The molecule has 1 aromatic carbocycles. The van der Waals surface area contributed by atoms with Crippen molar-refractivity contribution >= 4 is 40.8 Å². The Labute approximate surface area is 122 Å². The fourth-order valence-electron chi connectivity index (χ4n) is 1.57. The molecule has 0 aliphatic carbocycles. The Bertz CT molecular complexity index is 534. The van der Waals surface area contributed by atoms with Crippen LogP contribution >= 0.6 is 23.8 Å². The lowest BCUT2D eigenvalue weighted by Crippen LogP contribution is -2.44. The molecule has 0 radical (unpaired) electrons. The van der Waals surface area contributed by atoms with Gasteiger partial charge in [-0.15, -0.1) is 0 Å². The van der Waals surface area contributed by atoms with Crippen molar-refractivity contribution in [2.75, 3.05) is 0 Å². The van der Waals surface area contributed by atoms with Gasteiger partial charge in [0.25, 0.3) is 0 Å². The molecule has 1 amide bonds. The van der Waals surface area contributed by atoms with Crippen LogP contribution in [0.25, 0.3) is 0 Å². The third-order valence-corrected chi connectivity index (χ3v) is 2.97. The Hall–Kier alpha value is -1.42. The van der Waals surface area contributed by atoms with Crippen molar-refractivity contribution in [1.82, 2.24) is 4.90 Å². The Balaban J connectivity index is 3.07. The molecule has 0 atom stereocenters. The van der Waals surface area contributed by atoms with Crippen LogP contribution in [0, 0.1) is 0 Å². The van der Waals surface area contributed by atoms with Crippen molar-refractivity contribution in [3.05, 3.63) is 28.8 Å². The second-order valence-electron chi connectivity index (χ2n) is 5.03. The highest BCUT2D eigenvalue weighted by Gasteiger charge is 2.26. The molecule has 102 valence electrons. The summed E-state index contributed by atoms with van der Waals surface area (Å²) in [7, 11) is 0. The van der Waals surface area contributed by atoms with Gasteiger partial charge in [-0.3, -0.25) is 4.90 Å². The monoisotopic (exact) mass is 298 g/mol. The van der Waals surface area contributed by atoms with Crippen LogP contribution in [-0.4, -0.2) is 26.8 Å². The van der Waals surface area contributed by atoms with Gasteiger partial charge < -0.3 is 5.11 Å². The molecule has 0 heterocycles. The average Bonchev–Trinajstić information content (AvgIpc) is 2.28. The van der Waals surface area contributed by atoms with E-state index >= 15 is 0 Å². The number of rotatable bonds is 3. The van der Waals surface area contributed by atoms with E-state index in [0.717, 1.165) is 5.56 Å². The molecular formula is C13H15ClN2O2S. The summed E-state index contributed by atoms with van der Waals surface area (Å²) in [6.45, 7) is 5.78. The molecular weight excluding hydrogens is 284 g/mol. The van der Waals surface area contributed by atoms with Crippen LogP contribution in [0.4, 0.5) is 10.5 Å². The van der Waals surface area contributed by atoms with Crippen molar-refractivity contribution in [1.29, 1.82) is 0 Å². The van der Waals surface area contributed by atoms with Crippen molar-refractivity contribution in [2.24, 2.45) is 4.99 Å². The average molecular weight is 299 g/mol. The summed E-state index contributed by atoms with van der Waals surface area (Å²) >= 11 is 10.5. The molecule has 0 saturated heterocycles. The van der Waals surface area contributed by atoms with Gasteiger partial charge in [0, 0.05) is 12.1 Å². The van der Waals surface area contributed by atoms with Crippen LogP contribution in [0.2, 0.25) is 5.02 Å². The lowest BCUT2D eigenvalue weighted by Gasteiger charge is -2.33. The first-order chi connectivity index (χ1) is 8.75. The Kier molecular flexibility index (Phi) is 5.06. The molecule has 1 rings (SSSR count). The van der Waals surface area contributed by atoms with Gasteiger partial charge in [0.2, 0.25) is 0 Å². The minimum atomic E-state index is -0.970. The van der Waals surface area contributed by atoms with E-state index in [2.05, 4.69) is 22.4 Å². The second kappa shape index (κ2) is 6.15. The molecule has 0 bridgehead atoms. The summed E-state index contributed by atoms with van der Waals surface area (Å²) in [5, 5.41) is 12.0. The number of carbonyl (C=O) groups is 1. The maximum absolute atomic E-state index is 11.3. The zero-order valence-electron chi connectivity index (χ0n) is 11.0. The van der Waals surface area contributed by atoms with Gasteiger partial charge >= 0.3 is 6.09 Å². The number of amides is 1. The highest BCUT2D eigenvalue weighted by atomic mass is 35.5. The molecule has 1 aromatic rings. The first-order valence-corrected chi connectivity index (χ1v) is 6.41. The Morgan fingerprint density at radius 2 is 2.16 bits per heavy atom. The first-order valence-electron chi connectivity index (χ1n) is 5.62. The van der Waals surface area contributed by atoms with Crippen LogP contribution < -0.4 is 0 Å². The number of halogens is 1. The topological polar surface area (TPSA) is 52.9 Å². The van der Waals surface area contributed by atoms with E-state index in [0.29, 0.717) is 10.7 Å². The number of aliphatic imine (C=N–C) groups is 1. The van der Waals surface area contributed by atoms with Crippen molar-refractivity contribution in [3.63, 3.8) is 0 Å². The number of hydrogen-bond acceptors (Lipinski definition) is 3. The maximum Gasteiger partial charge on any atom is 0.408 e. The van der Waals surface area contributed by atoms with E-state index in [1.54, 1.807) is 18.2 Å². The number of isothiocyanates is 1. The van der Waals surface area contributed by atoms with Gasteiger partial charge in [0.05, 0.1) is 15.9 Å². The molecule has 4 nitrogen and oxygen atoms in total. The quantitative estimate of drug-likeness (QED) is 0.666. The molecule has 0 aliphatic rings. The normalized spacial score (nSPS) is 10.7. The van der Waals surface area contributed by atoms with E-state index in [1.807, 2.05) is 20.8 Å². The van der Waals surface area contributed by atoms with E-state index in [1.165, 1.54) is 4.90 Å². The summed E-state index contributed by atoms with van der Waals surface area (Å²) < 4.78 is 0. The SMILES string of the molecule is CC(C)(C)N(Cc1ccc(Cl)c(N=C=S)c1)C(=O)O. The molecule has 0 saturated carbocycles. The zero-order chi connectivity index (χ0) is 14.6. The fourth-order valence-corrected chi connectivity index (χ4v) is 1.82. The minimum Gasteiger partial charge on any atom is -0.465 e. The summed E-state index contributed by atoms with van der Waals surface area (Å²) in [4.78, 5) is 16.5. The van der Waals surface area contributed by atoms with Gasteiger partial charge in [-0.25, -0.2) is 4.79 Å². The van der Waals surface area contributed by atoms with E-state index < -0.39 is 11.6 Å². The highest BCUT2D eigenvalue weighted by Crippen LogP contribution is 2.27. The van der Waals surface area contributed by atoms with E-state index in [9.17, 15) is 9.90 Å². The second-order valence-corrected chi connectivity index (χ2v) is 5.62. The number of carboxylic acid groups (broad SMARTS) is 1. The highest BCUT2D eigenvalue weighted by molar-refractivity contribution is 7.78. The molecule has 0 aliphatic heterocycles. The molecule has 0 fully saturated rings. The molecule has 6 heteroatoms. The maximum atomic E-state index is 11.3. The van der Waals surface area contributed by atoms with Crippen LogP contribution in [-0.2, 0) is 6.54 Å². The van der Waals surface area contributed by atoms with Gasteiger partial charge in [0.1, 0.15) is 0 Å². The predicted molar refractivity (Wildman–Crippen MR) is 79.5 cm³/mol. The van der Waals surface area contributed by atoms with Crippen molar-refractivity contribution in [2.45, 2.75) is 32.9 Å². The lowest BCUT2D eigenvalue weighted by molar-refractivity contribution is 0.0956. The van der Waals surface area contributed by atoms with E-state index in [-0.39, 0.29) is 6.54 Å². The molecule has 1 N–H and O–H groups in total. The standard InChI is InChI=1S/C13H15ClN2O2S/c1-13(2,3)16(12(17)18)7-9-4-5-10(14)11(6-9)15-8-19/h4-6H,7H2,1-3H3,(H,17,18). The van der Waals surface area contributed by atoms with Crippen molar-refractivity contribution < 1.29 is 9.90 Å². The Morgan fingerprint density at radius 1 is 1.53 bits per heavy atom. The molecule has 0 aromatic heterocycles. The van der Waals surface area contributed by atoms with Gasteiger partial charge in [0.15, 0.2) is 0 Å². The van der Waals surface area contributed by atoms with Gasteiger partial charge in [-0.05, 0) is 50.7 Å². The van der Waals surface area contributed by atoms with Gasteiger partial charge in [-0.1, -0.05) is 17.7 Å². The summed E-state index contributed by atoms with van der Waals surface area (Å²) in [6.07, 6.45) is -0.970. The fraction of sp³-hybridized carbons (Fsp3) is 0.385. The van der Waals surface area contributed by atoms with Gasteiger partial charge in [-0.2, -0.15) is 4.99 Å². The number of nitrogens with zero attached hydrogens (tertiary/aromatic N) is 2. The molecule has 0 spiro atoms. The number of benzene rings is 1. The van der Waals surface area contributed by atoms with E-state index in [4.69, 9.17) is 11.6 Å². The summed E-state index contributed by atoms with van der Waals surface area (Å²) in [5.74, 6) is 0. The number of thiocarbonyl (C=S) groups is 1. The molecule has 19 heavy (non-hydrogen) atoms. The minimum absolute atomic E-state index is 0.260. The zero-order valence-corrected chi connectivity index (χ0v) is 12.5. The van der Waals surface area contributed by atoms with Crippen LogP contribution in [0.5, 0.6) is 0 Å². The predicted octanol–water partition coefficient (Wildman–Crippen LogP) is 4.35. The van der Waals surface area contributed by atoms with Crippen LogP contribution in [0.1, 0.15) is 26.3 Å². The Morgan fingerprint density at radius 3 is 2.63 bits per heavy atom. The largest absolute Gasteiger partial charge is 0.465 e. The third kappa shape index (κ3) is 4.31. The first kappa shape index (κ1) is 15.6. The summed E-state index contributed by atoms with van der Waals surface area (Å²) in [6, 6.07) is 5.15.